The van der Waals surface area contributed by atoms with Gasteiger partial charge in [-0.15, -0.1) is 0 Å². The molecule has 2 aromatic carbocycles. The summed E-state index contributed by atoms with van der Waals surface area (Å²) in [5, 5.41) is 5.71. The Morgan fingerprint density at radius 3 is 2.40 bits per heavy atom. The highest BCUT2D eigenvalue weighted by Gasteiger charge is 2.18. The third kappa shape index (κ3) is 4.68. The summed E-state index contributed by atoms with van der Waals surface area (Å²) in [5.41, 5.74) is 3.09. The van der Waals surface area contributed by atoms with Crippen LogP contribution in [-0.2, 0) is 0 Å². The number of benzene rings is 2. The number of carbonyl (C=O) groups excluding carboxylic acids is 1. The van der Waals surface area contributed by atoms with Crippen LogP contribution in [0.25, 0.3) is 11.3 Å². The molecule has 4 rings (SSSR count). The smallest absolute Gasteiger partial charge is 0.323 e. The van der Waals surface area contributed by atoms with Crippen LogP contribution < -0.4 is 20.3 Å². The molecule has 7 nitrogen and oxygen atoms in total. The lowest BCUT2D eigenvalue weighted by atomic mass is 10.1. The molecule has 7 heteroatoms. The molecule has 1 aliphatic heterocycles. The van der Waals surface area contributed by atoms with E-state index in [1.807, 2.05) is 42.5 Å². The van der Waals surface area contributed by atoms with E-state index < -0.39 is 0 Å². The first-order valence-electron chi connectivity index (χ1n) is 10.1. The lowest BCUT2D eigenvalue weighted by molar-refractivity contribution is 0.262. The molecule has 0 spiro atoms. The van der Waals surface area contributed by atoms with Gasteiger partial charge in [-0.1, -0.05) is 18.2 Å². The summed E-state index contributed by atoms with van der Waals surface area (Å²) in [4.78, 5) is 23.9. The number of aromatic nitrogens is 2. The fourth-order valence-electron chi connectivity index (χ4n) is 3.61. The van der Waals surface area contributed by atoms with Crippen LogP contribution in [-0.4, -0.2) is 36.2 Å². The summed E-state index contributed by atoms with van der Waals surface area (Å²) in [6, 6.07) is 14.6. The van der Waals surface area contributed by atoms with Gasteiger partial charge in [-0.3, -0.25) is 4.98 Å². The second-order valence-electron chi connectivity index (χ2n) is 7.17. The van der Waals surface area contributed by atoms with Crippen LogP contribution in [0.1, 0.15) is 19.3 Å². The standard InChI is InChI=1S/C23H25N5O2/c1-30-20-10-6-9-19(16-20)27-23(29)26-18-8-5-7-17(15-18)21-22(25-12-11-24-21)28-13-3-2-4-14-28/h5-12,15-16H,2-4,13-14H2,1H3,(H2,26,27,29). The first-order chi connectivity index (χ1) is 14.7. The lowest BCUT2D eigenvalue weighted by Gasteiger charge is -2.28. The molecule has 0 atom stereocenters. The summed E-state index contributed by atoms with van der Waals surface area (Å²) in [6.07, 6.45) is 7.04. The van der Waals surface area contributed by atoms with Crippen molar-refractivity contribution in [1.29, 1.82) is 0 Å². The minimum absolute atomic E-state index is 0.323. The first-order valence-corrected chi connectivity index (χ1v) is 10.1. The molecule has 2 amide bonds. The predicted molar refractivity (Wildman–Crippen MR) is 119 cm³/mol. The number of ether oxygens (including phenoxy) is 1. The van der Waals surface area contributed by atoms with Crippen molar-refractivity contribution in [2.24, 2.45) is 0 Å². The monoisotopic (exact) mass is 403 g/mol. The number of rotatable bonds is 5. The number of methoxy groups -OCH3 is 1. The van der Waals surface area contributed by atoms with Gasteiger partial charge in [0.25, 0.3) is 0 Å². The van der Waals surface area contributed by atoms with E-state index in [0.29, 0.717) is 17.1 Å². The van der Waals surface area contributed by atoms with Crippen LogP contribution in [0.5, 0.6) is 5.75 Å². The van der Waals surface area contributed by atoms with Gasteiger partial charge in [0.05, 0.1) is 7.11 Å². The average molecular weight is 403 g/mol. The van der Waals surface area contributed by atoms with E-state index in [4.69, 9.17) is 4.74 Å². The van der Waals surface area contributed by atoms with Gasteiger partial charge in [0.2, 0.25) is 0 Å². The van der Waals surface area contributed by atoms with Crippen LogP contribution in [0, 0.1) is 0 Å². The van der Waals surface area contributed by atoms with Crippen LogP contribution >= 0.6 is 0 Å². The Kier molecular flexibility index (Phi) is 6.08. The van der Waals surface area contributed by atoms with Gasteiger partial charge in [0.1, 0.15) is 11.4 Å². The van der Waals surface area contributed by atoms with Gasteiger partial charge in [-0.25, -0.2) is 9.78 Å². The van der Waals surface area contributed by atoms with Gasteiger partial charge >= 0.3 is 6.03 Å². The highest BCUT2D eigenvalue weighted by atomic mass is 16.5. The summed E-state index contributed by atoms with van der Waals surface area (Å²) >= 11 is 0. The maximum Gasteiger partial charge on any atom is 0.323 e. The predicted octanol–water partition coefficient (Wildman–Crippen LogP) is 4.79. The molecule has 1 saturated heterocycles. The molecule has 0 unspecified atom stereocenters. The molecule has 1 aliphatic rings. The van der Waals surface area contributed by atoms with E-state index in [1.54, 1.807) is 25.6 Å². The Balaban J connectivity index is 1.51. The summed E-state index contributed by atoms with van der Waals surface area (Å²) in [6.45, 7) is 1.99. The molecule has 0 aliphatic carbocycles. The molecular weight excluding hydrogens is 378 g/mol. The molecule has 1 fully saturated rings. The van der Waals surface area contributed by atoms with Gasteiger partial charge < -0.3 is 20.3 Å². The number of nitrogens with zero attached hydrogens (tertiary/aromatic N) is 3. The van der Waals surface area contributed by atoms with E-state index in [1.165, 1.54) is 19.3 Å². The molecule has 3 aromatic rings. The minimum atomic E-state index is -0.323. The number of anilines is 3. The van der Waals surface area contributed by atoms with Gasteiger partial charge in [0, 0.05) is 48.5 Å². The molecule has 0 radical (unpaired) electrons. The first kappa shape index (κ1) is 19.7. The Bertz CT molecular complexity index is 1020. The van der Waals surface area contributed by atoms with E-state index >= 15 is 0 Å². The maximum absolute atomic E-state index is 12.4. The second-order valence-corrected chi connectivity index (χ2v) is 7.17. The molecular formula is C23H25N5O2. The van der Waals surface area contributed by atoms with Crippen LogP contribution in [0.4, 0.5) is 22.0 Å². The highest BCUT2D eigenvalue weighted by molar-refractivity contribution is 6.00. The fourth-order valence-corrected chi connectivity index (χ4v) is 3.61. The van der Waals surface area contributed by atoms with E-state index in [9.17, 15) is 4.79 Å². The highest BCUT2D eigenvalue weighted by Crippen LogP contribution is 2.30. The number of piperidine rings is 1. The van der Waals surface area contributed by atoms with Crippen molar-refractivity contribution in [3.8, 4) is 17.0 Å². The van der Waals surface area contributed by atoms with Crippen molar-refractivity contribution in [2.45, 2.75) is 19.3 Å². The Hall–Kier alpha value is -3.61. The number of nitrogens with one attached hydrogen (secondary N) is 2. The van der Waals surface area contributed by atoms with E-state index in [2.05, 4.69) is 25.5 Å². The molecule has 0 bridgehead atoms. The molecule has 1 aromatic heterocycles. The van der Waals surface area contributed by atoms with Crippen molar-refractivity contribution < 1.29 is 9.53 Å². The second kappa shape index (κ2) is 9.26. The van der Waals surface area contributed by atoms with Crippen LogP contribution in [0.2, 0.25) is 0 Å². The molecule has 2 N–H and O–H groups in total. The third-order valence-electron chi connectivity index (χ3n) is 5.06. The van der Waals surface area contributed by atoms with Crippen molar-refractivity contribution in [2.75, 3.05) is 35.7 Å². The zero-order valence-electron chi connectivity index (χ0n) is 17.0. The van der Waals surface area contributed by atoms with Gasteiger partial charge in [-0.2, -0.15) is 0 Å². The fraction of sp³-hybridized carbons (Fsp3) is 0.261. The average Bonchev–Trinajstić information content (AvgIpc) is 2.80. The van der Waals surface area contributed by atoms with Gasteiger partial charge in [0.15, 0.2) is 5.82 Å². The van der Waals surface area contributed by atoms with Crippen molar-refractivity contribution in [1.82, 2.24) is 9.97 Å². The summed E-state index contributed by atoms with van der Waals surface area (Å²) < 4.78 is 5.19. The molecule has 154 valence electrons. The lowest BCUT2D eigenvalue weighted by Crippen LogP contribution is -2.30. The van der Waals surface area contributed by atoms with E-state index in [-0.39, 0.29) is 6.03 Å². The number of amides is 2. The Morgan fingerprint density at radius 2 is 1.63 bits per heavy atom. The third-order valence-corrected chi connectivity index (χ3v) is 5.06. The number of hydrogen-bond donors (Lipinski definition) is 2. The normalized spacial score (nSPS) is 13.6. The Labute approximate surface area is 176 Å². The summed E-state index contributed by atoms with van der Waals surface area (Å²) in [5.74, 6) is 1.58. The Morgan fingerprint density at radius 1 is 0.933 bits per heavy atom. The van der Waals surface area contributed by atoms with Crippen molar-refractivity contribution in [3.63, 3.8) is 0 Å². The van der Waals surface area contributed by atoms with E-state index in [0.717, 1.165) is 30.2 Å². The molecule has 2 heterocycles. The van der Waals surface area contributed by atoms with Crippen LogP contribution in [0.15, 0.2) is 60.9 Å². The SMILES string of the molecule is COc1cccc(NC(=O)Nc2cccc(-c3nccnc3N3CCCCC3)c2)c1. The zero-order chi connectivity index (χ0) is 20.8. The van der Waals surface area contributed by atoms with Crippen LogP contribution in [0.3, 0.4) is 0 Å². The topological polar surface area (TPSA) is 79.4 Å². The number of urea groups is 1. The van der Waals surface area contributed by atoms with Crippen molar-refractivity contribution in [3.05, 3.63) is 60.9 Å². The quantitative estimate of drug-likeness (QED) is 0.640. The van der Waals surface area contributed by atoms with Gasteiger partial charge in [-0.05, 0) is 43.5 Å². The minimum Gasteiger partial charge on any atom is -0.497 e. The zero-order valence-corrected chi connectivity index (χ0v) is 17.0. The molecule has 0 saturated carbocycles. The number of carbonyl (C=O) groups is 1. The van der Waals surface area contributed by atoms with Crippen molar-refractivity contribution >= 4 is 23.2 Å². The largest absolute Gasteiger partial charge is 0.497 e. The maximum atomic E-state index is 12.4. The number of hydrogen-bond acceptors (Lipinski definition) is 5. The summed E-state index contributed by atoms with van der Waals surface area (Å²) in [7, 11) is 1.59. The molecule has 30 heavy (non-hydrogen) atoms.